The van der Waals surface area contributed by atoms with Crippen LogP contribution in [-0.2, 0) is 9.59 Å². The van der Waals surface area contributed by atoms with Gasteiger partial charge in [-0.2, -0.15) is 0 Å². The Labute approximate surface area is 136 Å². The Morgan fingerprint density at radius 2 is 1.55 bits per heavy atom. The first kappa shape index (κ1) is 14.6. The topological polar surface area (TPSA) is 57.6 Å². The number of hydrogen-bond donors (Lipinski definition) is 1. The molecule has 0 unspecified atom stereocenters. The van der Waals surface area contributed by atoms with Gasteiger partial charge in [0.2, 0.25) is 0 Å². The van der Waals surface area contributed by atoms with Crippen molar-refractivity contribution in [2.24, 2.45) is 0 Å². The summed E-state index contributed by atoms with van der Waals surface area (Å²) in [5, 5.41) is 10.6. The lowest BCUT2D eigenvalue weighted by Gasteiger charge is -2.15. The maximum Gasteiger partial charge on any atom is 0.301 e. The third-order valence-electron chi connectivity index (χ3n) is 3.28. The highest BCUT2D eigenvalue weighted by atomic mass is 35.5. The number of carbonyl (C=O) groups excluding carboxylic acids is 2. The first-order chi connectivity index (χ1) is 10.5. The van der Waals surface area contributed by atoms with E-state index >= 15 is 0 Å². The van der Waals surface area contributed by atoms with Crippen molar-refractivity contribution in [3.8, 4) is 0 Å². The monoisotopic (exact) mass is 333 g/mol. The van der Waals surface area contributed by atoms with Crippen LogP contribution in [0.4, 0.5) is 5.69 Å². The van der Waals surface area contributed by atoms with Gasteiger partial charge in [-0.1, -0.05) is 53.5 Å². The maximum absolute atomic E-state index is 12.5. The number of anilines is 1. The zero-order chi connectivity index (χ0) is 15.9. The molecule has 2 aromatic carbocycles. The summed E-state index contributed by atoms with van der Waals surface area (Å²) in [6.45, 7) is 0. The van der Waals surface area contributed by atoms with Crippen LogP contribution in [0.3, 0.4) is 0 Å². The van der Waals surface area contributed by atoms with Crippen LogP contribution >= 0.6 is 23.2 Å². The Morgan fingerprint density at radius 3 is 2.18 bits per heavy atom. The van der Waals surface area contributed by atoms with Gasteiger partial charge in [-0.3, -0.25) is 9.59 Å². The van der Waals surface area contributed by atoms with Crippen LogP contribution in [0.25, 0.3) is 5.57 Å². The van der Waals surface area contributed by atoms with Crippen molar-refractivity contribution in [1.29, 1.82) is 0 Å². The summed E-state index contributed by atoms with van der Waals surface area (Å²) in [4.78, 5) is 25.6. The summed E-state index contributed by atoms with van der Waals surface area (Å²) >= 11 is 11.8. The van der Waals surface area contributed by atoms with Crippen LogP contribution in [0, 0.1) is 0 Å². The smallest absolute Gasteiger partial charge is 0.301 e. The zero-order valence-electron chi connectivity index (χ0n) is 11.1. The molecule has 0 radical (unpaired) electrons. The van der Waals surface area contributed by atoms with Gasteiger partial charge < -0.3 is 5.11 Å². The van der Waals surface area contributed by atoms with E-state index in [1.165, 1.54) is 18.2 Å². The summed E-state index contributed by atoms with van der Waals surface area (Å²) in [5.74, 6) is -1.98. The van der Waals surface area contributed by atoms with Crippen LogP contribution in [0.15, 0.2) is 54.3 Å². The molecule has 0 aliphatic carbocycles. The maximum atomic E-state index is 12.5. The highest BCUT2D eigenvalue weighted by Crippen LogP contribution is 2.34. The summed E-state index contributed by atoms with van der Waals surface area (Å²) in [7, 11) is 0. The lowest BCUT2D eigenvalue weighted by atomic mass is 10.1. The molecule has 4 nitrogen and oxygen atoms in total. The van der Waals surface area contributed by atoms with Gasteiger partial charge in [-0.15, -0.1) is 0 Å². The first-order valence-corrected chi connectivity index (χ1v) is 7.09. The second-order valence-corrected chi connectivity index (χ2v) is 5.45. The number of halogens is 2. The number of hydrogen-bond acceptors (Lipinski definition) is 3. The third kappa shape index (κ3) is 2.26. The number of rotatable bonds is 2. The zero-order valence-corrected chi connectivity index (χ0v) is 12.6. The molecule has 2 aromatic rings. The molecule has 1 N–H and O–H groups in total. The lowest BCUT2D eigenvalue weighted by Crippen LogP contribution is -2.31. The highest BCUT2D eigenvalue weighted by Gasteiger charge is 2.40. The molecular weight excluding hydrogens is 325 g/mol. The summed E-state index contributed by atoms with van der Waals surface area (Å²) in [6, 6.07) is 12.9. The number of nitrogens with zero attached hydrogens (tertiary/aromatic N) is 1. The molecule has 1 aliphatic rings. The lowest BCUT2D eigenvalue weighted by molar-refractivity contribution is -0.121. The van der Waals surface area contributed by atoms with Gasteiger partial charge in [-0.05, 0) is 23.8 Å². The minimum atomic E-state index is -0.790. The molecule has 1 aliphatic heterocycles. The summed E-state index contributed by atoms with van der Waals surface area (Å²) in [5.41, 5.74) is 0.694. The predicted molar refractivity (Wildman–Crippen MR) is 84.9 cm³/mol. The molecule has 2 amide bonds. The molecule has 22 heavy (non-hydrogen) atoms. The quantitative estimate of drug-likeness (QED) is 0.849. The average Bonchev–Trinajstić information content (AvgIpc) is 2.73. The summed E-state index contributed by atoms with van der Waals surface area (Å²) in [6.07, 6.45) is 0. The number of carbonyl (C=O) groups is 2. The van der Waals surface area contributed by atoms with E-state index in [1.54, 1.807) is 30.3 Å². The van der Waals surface area contributed by atoms with Gasteiger partial charge in [0, 0.05) is 0 Å². The summed E-state index contributed by atoms with van der Waals surface area (Å²) < 4.78 is 0. The van der Waals surface area contributed by atoms with Gasteiger partial charge in [0.15, 0.2) is 5.76 Å². The Balaban J connectivity index is 2.06. The molecule has 0 saturated heterocycles. The highest BCUT2D eigenvalue weighted by molar-refractivity contribution is 6.46. The van der Waals surface area contributed by atoms with Crippen molar-refractivity contribution >= 4 is 46.3 Å². The molecule has 0 atom stereocenters. The third-order valence-corrected chi connectivity index (χ3v) is 4.02. The van der Waals surface area contributed by atoms with Gasteiger partial charge in [0.1, 0.15) is 0 Å². The Hall–Kier alpha value is -2.30. The molecule has 0 aromatic heterocycles. The molecular formula is C16H9Cl2NO3. The van der Waals surface area contributed by atoms with Gasteiger partial charge in [0.25, 0.3) is 5.91 Å². The molecule has 110 valence electrons. The van der Waals surface area contributed by atoms with Crippen LogP contribution in [0.1, 0.15) is 5.56 Å². The standard InChI is InChI=1S/C16H9Cl2NO3/c17-11-7-6-10(8-12(11)18)19-15(21)13(14(20)16(19)22)9-4-2-1-3-5-9/h1-8,20H. The van der Waals surface area contributed by atoms with Crippen molar-refractivity contribution in [3.63, 3.8) is 0 Å². The number of benzene rings is 2. The molecule has 0 fully saturated rings. The predicted octanol–water partition coefficient (Wildman–Crippen LogP) is 3.84. The van der Waals surface area contributed by atoms with Crippen LogP contribution in [0.2, 0.25) is 10.0 Å². The van der Waals surface area contributed by atoms with E-state index in [1.807, 2.05) is 0 Å². The fourth-order valence-corrected chi connectivity index (χ4v) is 2.53. The minimum Gasteiger partial charge on any atom is -0.502 e. The Kier molecular flexibility index (Phi) is 3.64. The van der Waals surface area contributed by atoms with Crippen molar-refractivity contribution in [2.45, 2.75) is 0 Å². The largest absolute Gasteiger partial charge is 0.502 e. The number of aliphatic hydroxyl groups excluding tert-OH is 1. The normalized spacial score (nSPS) is 14.9. The molecule has 1 heterocycles. The molecule has 6 heteroatoms. The second-order valence-electron chi connectivity index (χ2n) is 4.63. The molecule has 3 rings (SSSR count). The van der Waals surface area contributed by atoms with E-state index < -0.39 is 17.6 Å². The Bertz CT molecular complexity index is 815. The van der Waals surface area contributed by atoms with Crippen molar-refractivity contribution in [2.75, 3.05) is 4.90 Å². The van der Waals surface area contributed by atoms with Crippen molar-refractivity contribution < 1.29 is 14.7 Å². The molecule has 0 bridgehead atoms. The number of amides is 2. The van der Waals surface area contributed by atoms with E-state index in [2.05, 4.69) is 0 Å². The second kappa shape index (κ2) is 5.48. The van der Waals surface area contributed by atoms with E-state index in [4.69, 9.17) is 23.2 Å². The van der Waals surface area contributed by atoms with Gasteiger partial charge in [0.05, 0.1) is 21.3 Å². The van der Waals surface area contributed by atoms with Crippen molar-refractivity contribution in [1.82, 2.24) is 0 Å². The van der Waals surface area contributed by atoms with E-state index in [9.17, 15) is 14.7 Å². The van der Waals surface area contributed by atoms with Crippen LogP contribution in [-0.4, -0.2) is 16.9 Å². The Morgan fingerprint density at radius 1 is 0.864 bits per heavy atom. The first-order valence-electron chi connectivity index (χ1n) is 6.33. The fourth-order valence-electron chi connectivity index (χ4n) is 2.24. The number of imide groups is 1. The van der Waals surface area contributed by atoms with E-state index in [0.717, 1.165) is 4.90 Å². The average molecular weight is 334 g/mol. The van der Waals surface area contributed by atoms with Crippen LogP contribution < -0.4 is 4.90 Å². The number of aliphatic hydroxyl groups is 1. The fraction of sp³-hybridized carbons (Fsp3) is 0. The SMILES string of the molecule is O=C1C(O)=C(c2ccccc2)C(=O)N1c1ccc(Cl)c(Cl)c1. The molecule has 0 spiro atoms. The van der Waals surface area contributed by atoms with Gasteiger partial charge >= 0.3 is 5.91 Å². The van der Waals surface area contributed by atoms with Crippen LogP contribution in [0.5, 0.6) is 0 Å². The molecule has 0 saturated carbocycles. The minimum absolute atomic E-state index is 0.0309. The van der Waals surface area contributed by atoms with Crippen molar-refractivity contribution in [3.05, 3.63) is 69.9 Å². The van der Waals surface area contributed by atoms with E-state index in [0.29, 0.717) is 10.6 Å². The van der Waals surface area contributed by atoms with Gasteiger partial charge in [-0.25, -0.2) is 4.90 Å². The van der Waals surface area contributed by atoms with E-state index in [-0.39, 0.29) is 16.3 Å².